The highest BCUT2D eigenvalue weighted by atomic mass is 32.2. The minimum Gasteiger partial charge on any atom is -0.411 e. The van der Waals surface area contributed by atoms with Gasteiger partial charge in [0.2, 0.25) is 5.91 Å². The highest BCUT2D eigenvalue weighted by molar-refractivity contribution is 7.99. The van der Waals surface area contributed by atoms with E-state index < -0.39 is 0 Å². The zero-order valence-corrected chi connectivity index (χ0v) is 16.6. The molecule has 3 heterocycles. The first kappa shape index (κ1) is 17.8. The molecule has 3 aromatic rings. The van der Waals surface area contributed by atoms with E-state index in [-0.39, 0.29) is 5.91 Å². The van der Waals surface area contributed by atoms with Gasteiger partial charge in [-0.1, -0.05) is 42.8 Å². The monoisotopic (exact) mass is 396 g/mol. The Morgan fingerprint density at radius 1 is 1.18 bits per heavy atom. The van der Waals surface area contributed by atoms with Crippen molar-refractivity contribution >= 4 is 28.6 Å². The number of hydrogen-bond acceptors (Lipinski definition) is 5. The van der Waals surface area contributed by atoms with Crippen molar-refractivity contribution in [2.45, 2.75) is 49.8 Å². The van der Waals surface area contributed by atoms with Crippen molar-refractivity contribution in [3.63, 3.8) is 0 Å². The first-order valence-corrected chi connectivity index (χ1v) is 11.1. The molecule has 1 amide bonds. The van der Waals surface area contributed by atoms with Crippen molar-refractivity contribution in [1.29, 1.82) is 0 Å². The number of piperidine rings is 1. The van der Waals surface area contributed by atoms with E-state index in [4.69, 9.17) is 4.42 Å². The normalized spacial score (nSPS) is 22.4. The Labute approximate surface area is 168 Å². The maximum absolute atomic E-state index is 12.8. The number of aromatic amines is 1. The molecule has 0 bridgehead atoms. The quantitative estimate of drug-likeness (QED) is 0.658. The number of carbonyl (C=O) groups excluding carboxylic acids is 1. The standard InChI is InChI=1S/C21H24N4O2S/c26-19(25-11-5-7-14-6-1-4-10-18(14)25)13-28-21-24-23-20(27-21)16-12-22-17-9-3-2-8-15(16)17/h2-3,8-9,12,14,18,22H,1,4-7,10-11,13H2. The molecule has 1 aliphatic carbocycles. The molecule has 2 fully saturated rings. The summed E-state index contributed by atoms with van der Waals surface area (Å²) in [5.74, 6) is 1.75. The van der Waals surface area contributed by atoms with E-state index in [9.17, 15) is 4.79 Å². The van der Waals surface area contributed by atoms with E-state index in [0.29, 0.717) is 28.8 Å². The van der Waals surface area contributed by atoms with Crippen molar-refractivity contribution in [3.05, 3.63) is 30.5 Å². The molecule has 0 radical (unpaired) electrons. The minimum absolute atomic E-state index is 0.202. The van der Waals surface area contributed by atoms with E-state index in [1.807, 2.05) is 30.5 Å². The van der Waals surface area contributed by atoms with Crippen molar-refractivity contribution in [1.82, 2.24) is 20.1 Å². The van der Waals surface area contributed by atoms with Gasteiger partial charge < -0.3 is 14.3 Å². The Balaban J connectivity index is 1.25. The smallest absolute Gasteiger partial charge is 0.277 e. The summed E-state index contributed by atoms with van der Waals surface area (Å²) in [6.45, 7) is 0.894. The lowest BCUT2D eigenvalue weighted by atomic mass is 9.78. The molecule has 2 atom stereocenters. The lowest BCUT2D eigenvalue weighted by Crippen LogP contribution is -2.50. The van der Waals surface area contributed by atoms with Gasteiger partial charge in [0.1, 0.15) is 0 Å². The van der Waals surface area contributed by atoms with E-state index >= 15 is 0 Å². The molecule has 5 rings (SSSR count). The number of benzene rings is 1. The van der Waals surface area contributed by atoms with E-state index in [1.165, 1.54) is 37.4 Å². The lowest BCUT2D eigenvalue weighted by Gasteiger charge is -2.44. The average molecular weight is 397 g/mol. The molecule has 1 saturated carbocycles. The fraction of sp³-hybridized carbons (Fsp3) is 0.476. The summed E-state index contributed by atoms with van der Waals surface area (Å²) in [5, 5.41) is 9.82. The van der Waals surface area contributed by atoms with Crippen LogP contribution < -0.4 is 0 Å². The number of amides is 1. The zero-order valence-electron chi connectivity index (χ0n) is 15.8. The number of nitrogens with one attached hydrogen (secondary N) is 1. The number of likely N-dealkylation sites (tertiary alicyclic amines) is 1. The molecular weight excluding hydrogens is 372 g/mol. The lowest BCUT2D eigenvalue weighted by molar-refractivity contribution is -0.134. The summed E-state index contributed by atoms with van der Waals surface area (Å²) in [5.41, 5.74) is 1.93. The van der Waals surface area contributed by atoms with Crippen LogP contribution in [0.5, 0.6) is 0 Å². The molecule has 28 heavy (non-hydrogen) atoms. The van der Waals surface area contributed by atoms with Gasteiger partial charge in [-0.3, -0.25) is 4.79 Å². The molecule has 0 spiro atoms. The summed E-state index contributed by atoms with van der Waals surface area (Å²) in [7, 11) is 0. The highest BCUT2D eigenvalue weighted by Gasteiger charge is 2.35. The van der Waals surface area contributed by atoms with E-state index in [2.05, 4.69) is 20.1 Å². The van der Waals surface area contributed by atoms with E-state index in [0.717, 1.165) is 35.9 Å². The fourth-order valence-corrected chi connectivity index (χ4v) is 5.42. The molecule has 1 aliphatic heterocycles. The summed E-state index contributed by atoms with van der Waals surface area (Å²) < 4.78 is 5.83. The predicted octanol–water partition coefficient (Wildman–Crippen LogP) is 4.49. The van der Waals surface area contributed by atoms with E-state index in [1.54, 1.807) is 0 Å². The number of fused-ring (bicyclic) bond motifs is 2. The second-order valence-electron chi connectivity index (χ2n) is 7.75. The van der Waals surface area contributed by atoms with Crippen LogP contribution in [0.3, 0.4) is 0 Å². The summed E-state index contributed by atoms with van der Waals surface area (Å²) >= 11 is 1.34. The molecule has 1 N–H and O–H groups in total. The van der Waals surface area contributed by atoms with Crippen molar-refractivity contribution in [3.8, 4) is 11.5 Å². The number of nitrogens with zero attached hydrogens (tertiary/aromatic N) is 3. The first-order valence-electron chi connectivity index (χ1n) is 10.1. The van der Waals surface area contributed by atoms with Crippen molar-refractivity contribution in [2.75, 3.05) is 12.3 Å². The maximum atomic E-state index is 12.8. The van der Waals surface area contributed by atoms with Gasteiger partial charge in [-0.25, -0.2) is 0 Å². The van der Waals surface area contributed by atoms with Gasteiger partial charge in [-0.15, -0.1) is 10.2 Å². The minimum atomic E-state index is 0.202. The third-order valence-corrected chi connectivity index (χ3v) is 6.91. The number of thioether (sulfide) groups is 1. The molecule has 1 saturated heterocycles. The van der Waals surface area contributed by atoms with Crippen LogP contribution in [0.1, 0.15) is 38.5 Å². The molecule has 2 aromatic heterocycles. The van der Waals surface area contributed by atoms with Gasteiger partial charge in [0, 0.05) is 29.7 Å². The third kappa shape index (κ3) is 3.32. The average Bonchev–Trinajstić information content (AvgIpc) is 3.38. The maximum Gasteiger partial charge on any atom is 0.277 e. The molecular formula is C21H24N4O2S. The Hall–Kier alpha value is -2.28. The molecule has 7 heteroatoms. The second-order valence-corrected chi connectivity index (χ2v) is 8.68. The van der Waals surface area contributed by atoms with Crippen molar-refractivity contribution in [2.24, 2.45) is 5.92 Å². The van der Waals surface area contributed by atoms with Crippen LogP contribution in [0, 0.1) is 5.92 Å². The van der Waals surface area contributed by atoms with Gasteiger partial charge in [-0.2, -0.15) is 0 Å². The molecule has 146 valence electrons. The summed E-state index contributed by atoms with van der Waals surface area (Å²) in [6.07, 6.45) is 9.29. The van der Waals surface area contributed by atoms with Gasteiger partial charge in [0.25, 0.3) is 11.1 Å². The van der Waals surface area contributed by atoms with Crippen LogP contribution in [0.25, 0.3) is 22.4 Å². The van der Waals surface area contributed by atoms with Crippen LogP contribution in [0.2, 0.25) is 0 Å². The Kier molecular flexibility index (Phi) is 4.84. The number of aromatic nitrogens is 3. The van der Waals surface area contributed by atoms with Crippen LogP contribution in [0.4, 0.5) is 0 Å². The van der Waals surface area contributed by atoms with Crippen LogP contribution >= 0.6 is 11.8 Å². The fourth-order valence-electron chi connectivity index (χ4n) is 4.77. The number of H-pyrrole nitrogens is 1. The Morgan fingerprint density at radius 3 is 3.00 bits per heavy atom. The Morgan fingerprint density at radius 2 is 2.04 bits per heavy atom. The Bertz CT molecular complexity index is 980. The van der Waals surface area contributed by atoms with Gasteiger partial charge >= 0.3 is 0 Å². The van der Waals surface area contributed by atoms with Crippen molar-refractivity contribution < 1.29 is 9.21 Å². The number of rotatable bonds is 4. The van der Waals surface area contributed by atoms with Gasteiger partial charge in [0.15, 0.2) is 0 Å². The molecule has 6 nitrogen and oxygen atoms in total. The topological polar surface area (TPSA) is 75.0 Å². The molecule has 1 aromatic carbocycles. The molecule has 2 aliphatic rings. The summed E-state index contributed by atoms with van der Waals surface area (Å²) in [6, 6.07) is 8.46. The zero-order chi connectivity index (χ0) is 18.9. The van der Waals surface area contributed by atoms with Crippen LogP contribution in [-0.2, 0) is 4.79 Å². The number of hydrogen-bond donors (Lipinski definition) is 1. The van der Waals surface area contributed by atoms with Gasteiger partial charge in [0.05, 0.1) is 11.3 Å². The second kappa shape index (κ2) is 7.62. The SMILES string of the molecule is O=C(CSc1nnc(-c2c[nH]c3ccccc23)o1)N1CCCC2CCCCC21. The van der Waals surface area contributed by atoms with Gasteiger partial charge in [-0.05, 0) is 37.7 Å². The molecule has 2 unspecified atom stereocenters. The predicted molar refractivity (Wildman–Crippen MR) is 109 cm³/mol. The van der Waals surface area contributed by atoms with Crippen LogP contribution in [0.15, 0.2) is 40.1 Å². The third-order valence-electron chi connectivity index (χ3n) is 6.11. The largest absolute Gasteiger partial charge is 0.411 e. The summed E-state index contributed by atoms with van der Waals surface area (Å²) in [4.78, 5) is 18.2. The first-order chi connectivity index (χ1) is 13.8. The van der Waals surface area contributed by atoms with Crippen LogP contribution in [-0.4, -0.2) is 44.3 Å². The number of para-hydroxylation sites is 1. The highest BCUT2D eigenvalue weighted by Crippen LogP contribution is 2.36. The number of carbonyl (C=O) groups is 1.